The molecule has 0 radical (unpaired) electrons. The summed E-state index contributed by atoms with van der Waals surface area (Å²) in [6.07, 6.45) is 0.248. The number of nitrogens with two attached hydrogens (primary N) is 1. The van der Waals surface area contributed by atoms with Gasteiger partial charge in [0.2, 0.25) is 17.8 Å². The number of nitrogens with one attached hydrogen (secondary N) is 3. The molecule has 22 nitrogen and oxygen atoms in total. The zero-order chi connectivity index (χ0) is 64.5. The molecule has 22 heteroatoms. The molecule has 0 saturated heterocycles. The van der Waals surface area contributed by atoms with Crippen LogP contribution in [-0.2, 0) is 23.8 Å². The number of methoxy groups -OCH3 is 2. The molecule has 0 aromatic heterocycles. The lowest BCUT2D eigenvalue weighted by Crippen LogP contribution is -2.58. The summed E-state index contributed by atoms with van der Waals surface area (Å²) in [6.45, 7) is 21.5. The van der Waals surface area contributed by atoms with Crippen molar-refractivity contribution in [3.05, 3.63) is 118 Å². The van der Waals surface area contributed by atoms with Crippen molar-refractivity contribution < 1.29 is 67.3 Å². The Morgan fingerprint density at radius 2 is 1.03 bits per heavy atom. The third-order valence-corrected chi connectivity index (χ3v) is 18.1. The Balaban J connectivity index is 0.000000214. The molecule has 0 spiro atoms. The van der Waals surface area contributed by atoms with Gasteiger partial charge in [0.15, 0.2) is 5.96 Å². The van der Waals surface area contributed by atoms with E-state index in [1.165, 1.54) is 4.90 Å². The minimum absolute atomic E-state index is 0.0853. The van der Waals surface area contributed by atoms with Crippen molar-refractivity contribution in [3.63, 3.8) is 0 Å². The highest BCUT2D eigenvalue weighted by Gasteiger charge is 2.50. The smallest absolute Gasteiger partial charge is 0.414 e. The van der Waals surface area contributed by atoms with Crippen molar-refractivity contribution in [1.29, 1.82) is 0 Å². The van der Waals surface area contributed by atoms with Crippen molar-refractivity contribution in [1.82, 2.24) is 25.8 Å². The van der Waals surface area contributed by atoms with E-state index >= 15 is 0 Å². The Morgan fingerprint density at radius 3 is 1.45 bits per heavy atom. The number of aliphatic hydroxyl groups is 2. The summed E-state index contributed by atoms with van der Waals surface area (Å²) in [6, 6.07) is 22.2. The first kappa shape index (κ1) is 65.7. The molecule has 7 N–H and O–H groups in total. The lowest BCUT2D eigenvalue weighted by molar-refractivity contribution is -0.134. The van der Waals surface area contributed by atoms with Gasteiger partial charge in [-0.1, -0.05) is 64.1 Å². The molecule has 0 fully saturated rings. The highest BCUT2D eigenvalue weighted by atomic mass is 16.6. The number of carbonyl (C=O) groups is 5. The lowest BCUT2D eigenvalue weighted by Gasteiger charge is -2.45. The van der Waals surface area contributed by atoms with Gasteiger partial charge in [0.05, 0.1) is 74.5 Å². The average Bonchev–Trinajstić information content (AvgIpc) is 0.883. The van der Waals surface area contributed by atoms with E-state index in [2.05, 4.69) is 16.0 Å². The maximum Gasteiger partial charge on any atom is 0.414 e. The molecule has 0 saturated carbocycles. The quantitative estimate of drug-likeness (QED) is 0.0690. The zero-order valence-electron chi connectivity index (χ0n) is 53.4. The monoisotopic (exact) mass is 1230 g/mol. The van der Waals surface area contributed by atoms with Crippen LogP contribution in [0.5, 0.6) is 23.0 Å². The van der Waals surface area contributed by atoms with E-state index in [0.29, 0.717) is 95.3 Å². The number of carbonyl (C=O) groups excluding carboxylic acids is 5. The molecule has 4 aromatic rings. The number of para-hydroxylation sites is 2. The SMILES string of the molecule is CCC1(CC)CC(=O)N([C@H]2c3cc(C(=O)N[C@@H]4c5ccccc5OC(C)(C)[C@H]4O)ccc3OC[C@H]2COC)C(N)=N1.CCC1(CC)CC(=O)N([C@H]2c3cc(C(=O)N[C@@H]4c5ccccc5OC(C)(C)[C@H]4O)ccc3OC[C@H]2COC)C(NC(=O)OC(C)(C)C)=N1. The molecule has 0 unspecified atom stereocenters. The maximum absolute atomic E-state index is 14.2. The summed E-state index contributed by atoms with van der Waals surface area (Å²) in [5.74, 6) is 0.782. The number of guanidine groups is 2. The van der Waals surface area contributed by atoms with E-state index in [9.17, 15) is 34.2 Å². The molecular formula is C67H88N8O14. The van der Waals surface area contributed by atoms with E-state index in [4.69, 9.17) is 48.9 Å². The van der Waals surface area contributed by atoms with Crippen LogP contribution in [0, 0.1) is 11.8 Å². The molecular weight excluding hydrogens is 1140 g/mol. The second-order valence-electron chi connectivity index (χ2n) is 26.0. The summed E-state index contributed by atoms with van der Waals surface area (Å²) in [5.41, 5.74) is 5.91. The predicted molar refractivity (Wildman–Crippen MR) is 333 cm³/mol. The maximum atomic E-state index is 14.2. The van der Waals surface area contributed by atoms with Crippen LogP contribution in [0.3, 0.4) is 0 Å². The molecule has 10 rings (SSSR count). The van der Waals surface area contributed by atoms with Gasteiger partial charge >= 0.3 is 6.09 Å². The normalized spacial score (nSPS) is 25.1. The van der Waals surface area contributed by atoms with Crippen molar-refractivity contribution in [2.24, 2.45) is 27.6 Å². The standard InChI is InChI=1S/C36H48N4O8.C31H40N4O6/c1-9-36(10-2)18-27(41)40(32(39-36)38-33(44)48-34(3,4)5)29-22(19-45-8)20-46-25-16-15-21(17-24(25)29)31(43)37-28-23-13-11-12-14-26(23)47-35(6,7)30(28)42;1-6-31(7-2)15-24(36)35(29(32)34-31)26-19(16-39-5)17-40-22-13-12-18(14-21(22)26)28(38)33-25-20-10-8-9-11-23(20)41-30(3,4)27(25)37/h11-17,22,28-30,42H,9-10,18-20H2,1-8H3,(H,37,43)(H,38,39,44);8-14,19,25-27,37H,6-7,15-17H2,1-5H3,(H2,32,34)(H,33,38)/t22-,28-,29-,30+;19-,25-,26-,27+/m11/s1. The number of aliphatic imine (C=N–C) groups is 2. The van der Waals surface area contributed by atoms with Crippen LogP contribution in [-0.4, -0.2) is 142 Å². The van der Waals surface area contributed by atoms with E-state index in [1.807, 2.05) is 76.2 Å². The van der Waals surface area contributed by atoms with Crippen LogP contribution in [0.25, 0.3) is 0 Å². The third-order valence-electron chi connectivity index (χ3n) is 18.1. The Morgan fingerprint density at radius 1 is 0.618 bits per heavy atom. The Hall–Kier alpha value is -7.79. The van der Waals surface area contributed by atoms with Crippen molar-refractivity contribution >= 4 is 41.6 Å². The van der Waals surface area contributed by atoms with Crippen LogP contribution in [0.1, 0.15) is 182 Å². The topological polar surface area (TPSA) is 284 Å². The predicted octanol–water partition coefficient (Wildman–Crippen LogP) is 8.55. The first-order valence-corrected chi connectivity index (χ1v) is 30.8. The summed E-state index contributed by atoms with van der Waals surface area (Å²) in [5, 5.41) is 31.2. The third kappa shape index (κ3) is 13.4. The summed E-state index contributed by atoms with van der Waals surface area (Å²) in [4.78, 5) is 81.4. The van der Waals surface area contributed by atoms with Gasteiger partial charge in [-0.3, -0.25) is 34.3 Å². The number of aliphatic hydroxyl groups excluding tert-OH is 2. The Labute approximate surface area is 521 Å². The minimum atomic E-state index is -1.03. The number of alkyl carbamates (subject to hydrolysis) is 1. The summed E-state index contributed by atoms with van der Waals surface area (Å²) < 4.78 is 40.8. The molecule has 480 valence electrons. The van der Waals surface area contributed by atoms with Crippen LogP contribution in [0.15, 0.2) is 94.9 Å². The van der Waals surface area contributed by atoms with Gasteiger partial charge in [-0.25, -0.2) is 14.8 Å². The molecule has 6 aliphatic heterocycles. The van der Waals surface area contributed by atoms with Gasteiger partial charge in [0.1, 0.15) is 52.0 Å². The molecule has 6 aliphatic rings. The minimum Gasteiger partial charge on any atom is -0.493 e. The Bertz CT molecular complexity index is 3370. The first-order chi connectivity index (χ1) is 42.2. The molecule has 4 aromatic carbocycles. The second-order valence-corrected chi connectivity index (χ2v) is 26.0. The molecule has 5 amide bonds. The van der Waals surface area contributed by atoms with Crippen molar-refractivity contribution in [2.45, 2.75) is 179 Å². The van der Waals surface area contributed by atoms with E-state index in [-0.39, 0.29) is 67.5 Å². The van der Waals surface area contributed by atoms with Crippen LogP contribution in [0.2, 0.25) is 0 Å². The highest BCUT2D eigenvalue weighted by molar-refractivity contribution is 6.06. The molecule has 89 heavy (non-hydrogen) atoms. The Kier molecular flexibility index (Phi) is 19.2. The zero-order valence-corrected chi connectivity index (χ0v) is 53.4. The number of ether oxygens (including phenoxy) is 7. The van der Waals surface area contributed by atoms with Crippen LogP contribution < -0.4 is 40.6 Å². The number of amides is 5. The first-order valence-electron chi connectivity index (χ1n) is 30.8. The van der Waals surface area contributed by atoms with Gasteiger partial charge in [-0.05, 0) is 123 Å². The average molecular weight is 1230 g/mol. The fourth-order valence-electron chi connectivity index (χ4n) is 12.9. The van der Waals surface area contributed by atoms with Crippen LogP contribution in [0.4, 0.5) is 4.79 Å². The fourth-order valence-corrected chi connectivity index (χ4v) is 12.9. The van der Waals surface area contributed by atoms with E-state index in [1.54, 1.807) is 104 Å². The van der Waals surface area contributed by atoms with Gasteiger partial charge in [-0.2, -0.15) is 0 Å². The number of rotatable bonds is 14. The number of hydrogen-bond acceptors (Lipinski definition) is 17. The molecule has 6 heterocycles. The van der Waals surface area contributed by atoms with Gasteiger partial charge in [0.25, 0.3) is 11.8 Å². The number of fused-ring (bicyclic) bond motifs is 4. The summed E-state index contributed by atoms with van der Waals surface area (Å²) in [7, 11) is 3.17. The molecule has 0 aliphatic carbocycles. The van der Waals surface area contributed by atoms with E-state index in [0.717, 1.165) is 0 Å². The van der Waals surface area contributed by atoms with Crippen molar-refractivity contribution in [2.75, 3.05) is 40.6 Å². The van der Waals surface area contributed by atoms with Gasteiger partial charge in [-0.15, -0.1) is 0 Å². The van der Waals surface area contributed by atoms with Gasteiger partial charge in [0, 0.05) is 59.4 Å². The number of benzene rings is 4. The highest BCUT2D eigenvalue weighted by Crippen LogP contribution is 2.47. The van der Waals surface area contributed by atoms with Crippen LogP contribution >= 0.6 is 0 Å². The second kappa shape index (κ2) is 26.0. The molecule has 0 bridgehead atoms. The largest absolute Gasteiger partial charge is 0.493 e. The van der Waals surface area contributed by atoms with Crippen molar-refractivity contribution in [3.8, 4) is 23.0 Å². The van der Waals surface area contributed by atoms with E-state index < -0.39 is 76.3 Å². The fraction of sp³-hybridized carbons (Fsp3) is 0.537. The van der Waals surface area contributed by atoms with Gasteiger partial charge < -0.3 is 59.7 Å². The number of hydrogen-bond donors (Lipinski definition) is 6. The number of nitrogens with zero attached hydrogens (tertiary/aromatic N) is 4. The molecule has 8 atom stereocenters. The summed E-state index contributed by atoms with van der Waals surface area (Å²) >= 11 is 0. The lowest BCUT2D eigenvalue weighted by atomic mass is 9.84.